The molecule has 2 aromatic rings. The summed E-state index contributed by atoms with van der Waals surface area (Å²) in [5, 5.41) is 26.9. The minimum atomic E-state index is -1.03. The molecule has 0 fully saturated rings. The van der Waals surface area contributed by atoms with Crippen LogP contribution < -0.4 is 10.6 Å². The average Bonchev–Trinajstić information content (AvgIpc) is 2.81. The van der Waals surface area contributed by atoms with Crippen molar-refractivity contribution in [1.82, 2.24) is 10.6 Å². The number of ketones is 1. The molecule has 4 N–H and O–H groups in total. The Hall–Kier alpha value is -3.26. The van der Waals surface area contributed by atoms with Gasteiger partial charge in [-0.25, -0.2) is 4.39 Å². The van der Waals surface area contributed by atoms with Crippen molar-refractivity contribution >= 4 is 17.6 Å². The van der Waals surface area contributed by atoms with Crippen molar-refractivity contribution in [3.8, 4) is 5.75 Å². The Balaban J connectivity index is 2.20. The van der Waals surface area contributed by atoms with E-state index in [0.29, 0.717) is 18.8 Å². The van der Waals surface area contributed by atoms with Gasteiger partial charge in [-0.3, -0.25) is 9.59 Å². The van der Waals surface area contributed by atoms with Gasteiger partial charge in [0.15, 0.2) is 0 Å². The molecule has 2 rings (SSSR count). The molecule has 2 aromatic carbocycles. The zero-order valence-corrected chi connectivity index (χ0v) is 21.2. The Morgan fingerprint density at radius 2 is 1.67 bits per heavy atom. The van der Waals surface area contributed by atoms with E-state index in [4.69, 9.17) is 0 Å². The number of phenolic OH excluding ortho intramolecular Hbond substituents is 1. The summed E-state index contributed by atoms with van der Waals surface area (Å²) in [6, 6.07) is 11.4. The van der Waals surface area contributed by atoms with Gasteiger partial charge in [-0.05, 0) is 56.2 Å². The smallest absolute Gasteiger partial charge is 0.255 e. The summed E-state index contributed by atoms with van der Waals surface area (Å²) in [6.45, 7) is 5.57. The largest absolute Gasteiger partial charge is 0.507 e. The number of benzene rings is 2. The van der Waals surface area contributed by atoms with E-state index in [1.165, 1.54) is 13.0 Å². The van der Waals surface area contributed by atoms with Crippen molar-refractivity contribution < 1.29 is 29.0 Å². The van der Waals surface area contributed by atoms with Gasteiger partial charge in [-0.2, -0.15) is 0 Å². The fourth-order valence-corrected chi connectivity index (χ4v) is 3.92. The summed E-state index contributed by atoms with van der Waals surface area (Å²) in [4.78, 5) is 36.6. The average molecular weight is 501 g/mol. The molecule has 0 saturated heterocycles. The first-order chi connectivity index (χ1) is 17.0. The van der Waals surface area contributed by atoms with E-state index in [0.717, 1.165) is 24.1 Å². The van der Waals surface area contributed by atoms with Crippen LogP contribution in [-0.2, 0) is 16.0 Å². The Labute approximate surface area is 212 Å². The molecule has 36 heavy (non-hydrogen) atoms. The number of amides is 2. The lowest BCUT2D eigenvalue weighted by Crippen LogP contribution is -2.48. The molecule has 0 bridgehead atoms. The molecule has 3 atom stereocenters. The molecule has 0 radical (unpaired) electrons. The van der Waals surface area contributed by atoms with E-state index in [1.54, 1.807) is 0 Å². The predicted molar refractivity (Wildman–Crippen MR) is 136 cm³/mol. The lowest BCUT2D eigenvalue weighted by atomic mass is 9.93. The highest BCUT2D eigenvalue weighted by Crippen LogP contribution is 2.20. The highest BCUT2D eigenvalue weighted by molar-refractivity contribution is 5.97. The van der Waals surface area contributed by atoms with Gasteiger partial charge in [0.25, 0.3) is 5.91 Å². The fraction of sp³-hybridized carbons (Fsp3) is 0.464. The topological polar surface area (TPSA) is 116 Å². The number of carbonyl (C=O) groups is 3. The Morgan fingerprint density at radius 1 is 0.972 bits per heavy atom. The molecule has 7 nitrogen and oxygen atoms in total. The van der Waals surface area contributed by atoms with E-state index in [9.17, 15) is 29.0 Å². The Bertz CT molecular complexity index is 1010. The molecule has 0 heterocycles. The first-order valence-corrected chi connectivity index (χ1v) is 12.3. The molecule has 0 saturated carbocycles. The standard InChI is InChI=1S/C28H37FN2O5/c1-18(2)9-12-22(30-27(35)14-10-19(3)32)17-26(34)24(15-20-7-5-4-6-8-20)31-28(36)23-13-11-21(29)16-25(23)33/h4-8,11,13,16,18,22,24,26,33-34H,9-10,12,14-15,17H2,1-3H3,(H,30,35)(H,31,36)/t22-,24-,26-/m0/s1. The number of halogens is 1. The number of hydrogen-bond donors (Lipinski definition) is 4. The molecule has 0 aromatic heterocycles. The van der Waals surface area contributed by atoms with E-state index < -0.39 is 29.6 Å². The van der Waals surface area contributed by atoms with Gasteiger partial charge in [-0.1, -0.05) is 44.2 Å². The monoisotopic (exact) mass is 500 g/mol. The van der Waals surface area contributed by atoms with Crippen LogP contribution in [0.3, 0.4) is 0 Å². The molecule has 0 aliphatic carbocycles. The molecular formula is C28H37FN2O5. The third-order valence-electron chi connectivity index (χ3n) is 5.97. The quantitative estimate of drug-likeness (QED) is 0.314. The zero-order valence-electron chi connectivity index (χ0n) is 21.2. The summed E-state index contributed by atoms with van der Waals surface area (Å²) in [6.07, 6.45) is 1.16. The predicted octanol–water partition coefficient (Wildman–Crippen LogP) is 3.91. The van der Waals surface area contributed by atoms with Crippen LogP contribution in [0.1, 0.15) is 68.8 Å². The van der Waals surface area contributed by atoms with Gasteiger partial charge in [0, 0.05) is 24.9 Å². The van der Waals surface area contributed by atoms with E-state index in [1.807, 2.05) is 30.3 Å². The second-order valence-corrected chi connectivity index (χ2v) is 9.67. The van der Waals surface area contributed by atoms with E-state index in [2.05, 4.69) is 24.5 Å². The molecular weight excluding hydrogens is 463 g/mol. The molecule has 0 unspecified atom stereocenters. The first-order valence-electron chi connectivity index (χ1n) is 12.3. The highest BCUT2D eigenvalue weighted by atomic mass is 19.1. The number of aromatic hydroxyl groups is 1. The minimum Gasteiger partial charge on any atom is -0.507 e. The number of rotatable bonds is 14. The molecule has 8 heteroatoms. The number of phenols is 1. The maximum atomic E-state index is 13.4. The molecule has 0 aliphatic heterocycles. The lowest BCUT2D eigenvalue weighted by Gasteiger charge is -2.29. The van der Waals surface area contributed by atoms with Crippen molar-refractivity contribution in [2.45, 2.75) is 77.5 Å². The van der Waals surface area contributed by atoms with Crippen LogP contribution in [0.5, 0.6) is 5.75 Å². The van der Waals surface area contributed by atoms with Gasteiger partial charge in [0.1, 0.15) is 17.3 Å². The first kappa shape index (κ1) is 29.0. The second kappa shape index (κ2) is 14.3. The Kier molecular flexibility index (Phi) is 11.5. The van der Waals surface area contributed by atoms with Crippen LogP contribution in [0.25, 0.3) is 0 Å². The third kappa shape index (κ3) is 10.2. The number of carbonyl (C=O) groups excluding carboxylic acids is 3. The molecule has 196 valence electrons. The highest BCUT2D eigenvalue weighted by Gasteiger charge is 2.27. The van der Waals surface area contributed by atoms with Gasteiger partial charge in [0.2, 0.25) is 5.91 Å². The van der Waals surface area contributed by atoms with Crippen LogP contribution in [0.2, 0.25) is 0 Å². The fourth-order valence-electron chi connectivity index (χ4n) is 3.92. The van der Waals surface area contributed by atoms with Gasteiger partial charge in [-0.15, -0.1) is 0 Å². The van der Waals surface area contributed by atoms with Crippen LogP contribution in [0, 0.1) is 11.7 Å². The summed E-state index contributed by atoms with van der Waals surface area (Å²) >= 11 is 0. The third-order valence-corrected chi connectivity index (χ3v) is 5.97. The summed E-state index contributed by atoms with van der Waals surface area (Å²) in [5.74, 6) is -1.74. The van der Waals surface area contributed by atoms with Crippen LogP contribution in [0.15, 0.2) is 48.5 Å². The second-order valence-electron chi connectivity index (χ2n) is 9.67. The van der Waals surface area contributed by atoms with Gasteiger partial charge in [0.05, 0.1) is 17.7 Å². The van der Waals surface area contributed by atoms with Crippen molar-refractivity contribution in [1.29, 1.82) is 0 Å². The zero-order chi connectivity index (χ0) is 26.7. The SMILES string of the molecule is CC(=O)CCC(=O)N[C@@H](CCC(C)C)C[C@H](O)[C@H](Cc1ccccc1)NC(=O)c1ccc(F)cc1O. The normalized spacial score (nSPS) is 13.6. The summed E-state index contributed by atoms with van der Waals surface area (Å²) < 4.78 is 13.4. The maximum absolute atomic E-state index is 13.4. The summed E-state index contributed by atoms with van der Waals surface area (Å²) in [5.41, 5.74) is 0.782. The number of Topliss-reactive ketones (excluding diaryl/α,β-unsaturated/α-hetero) is 1. The van der Waals surface area contributed by atoms with Crippen molar-refractivity contribution in [2.75, 3.05) is 0 Å². The van der Waals surface area contributed by atoms with Crippen molar-refractivity contribution in [3.05, 3.63) is 65.5 Å². The lowest BCUT2D eigenvalue weighted by molar-refractivity contribution is -0.125. The maximum Gasteiger partial charge on any atom is 0.255 e. The van der Waals surface area contributed by atoms with Crippen molar-refractivity contribution in [2.24, 2.45) is 5.92 Å². The van der Waals surface area contributed by atoms with E-state index >= 15 is 0 Å². The van der Waals surface area contributed by atoms with Crippen LogP contribution >= 0.6 is 0 Å². The number of nitrogens with one attached hydrogen (secondary N) is 2. The molecule has 0 spiro atoms. The minimum absolute atomic E-state index is 0.0707. The summed E-state index contributed by atoms with van der Waals surface area (Å²) in [7, 11) is 0. The number of aliphatic hydroxyl groups is 1. The Morgan fingerprint density at radius 3 is 2.28 bits per heavy atom. The van der Waals surface area contributed by atoms with Gasteiger partial charge < -0.3 is 25.6 Å². The van der Waals surface area contributed by atoms with Crippen molar-refractivity contribution in [3.63, 3.8) is 0 Å². The van der Waals surface area contributed by atoms with Crippen LogP contribution in [-0.4, -0.2) is 46.0 Å². The molecule has 2 amide bonds. The van der Waals surface area contributed by atoms with Crippen LogP contribution in [0.4, 0.5) is 4.39 Å². The number of aliphatic hydroxyl groups excluding tert-OH is 1. The van der Waals surface area contributed by atoms with E-state index in [-0.39, 0.29) is 42.6 Å². The molecule has 0 aliphatic rings. The number of hydrogen-bond acceptors (Lipinski definition) is 5. The van der Waals surface area contributed by atoms with Gasteiger partial charge >= 0.3 is 0 Å².